The normalized spacial score (nSPS) is 10.6. The molecule has 0 saturated carbocycles. The van der Waals surface area contributed by atoms with E-state index in [1.165, 1.54) is 11.8 Å². The molecule has 1 heterocycles. The Hall–Kier alpha value is -3.29. The highest BCUT2D eigenvalue weighted by molar-refractivity contribution is 7.99. The summed E-state index contributed by atoms with van der Waals surface area (Å²) in [6.07, 6.45) is 0. The van der Waals surface area contributed by atoms with Gasteiger partial charge in [0, 0.05) is 10.7 Å². The molecular formula is C23H19ClN4O2S. The monoisotopic (exact) mass is 450 g/mol. The van der Waals surface area contributed by atoms with Gasteiger partial charge in [0.05, 0.1) is 18.4 Å². The smallest absolute Gasteiger partial charge is 0.234 e. The molecule has 0 fully saturated rings. The van der Waals surface area contributed by atoms with Crippen LogP contribution in [0.1, 0.15) is 0 Å². The van der Waals surface area contributed by atoms with Gasteiger partial charge >= 0.3 is 0 Å². The maximum absolute atomic E-state index is 12.3. The SMILES string of the molecule is COc1ccc(Cl)cc1-c1nc(SCC(=O)Nc2ccc(-c3ccccc3)cc2)n[nH]1. The van der Waals surface area contributed by atoms with Crippen LogP contribution in [0.15, 0.2) is 78.0 Å². The number of methoxy groups -OCH3 is 1. The second kappa shape index (κ2) is 9.68. The van der Waals surface area contributed by atoms with Crippen molar-refractivity contribution in [3.05, 3.63) is 77.8 Å². The number of ether oxygens (including phenoxy) is 1. The molecule has 6 nitrogen and oxygen atoms in total. The number of nitrogens with zero attached hydrogens (tertiary/aromatic N) is 2. The molecule has 0 saturated heterocycles. The number of aromatic nitrogens is 3. The molecule has 1 aromatic heterocycles. The number of hydrogen-bond acceptors (Lipinski definition) is 5. The molecule has 4 aromatic rings. The molecule has 0 bridgehead atoms. The number of nitrogens with one attached hydrogen (secondary N) is 2. The van der Waals surface area contributed by atoms with Crippen molar-refractivity contribution in [1.82, 2.24) is 15.2 Å². The first-order chi connectivity index (χ1) is 15.1. The van der Waals surface area contributed by atoms with E-state index in [1.54, 1.807) is 25.3 Å². The van der Waals surface area contributed by atoms with Gasteiger partial charge in [0.1, 0.15) is 5.75 Å². The Kier molecular flexibility index (Phi) is 6.54. The fourth-order valence-electron chi connectivity index (χ4n) is 3.00. The highest BCUT2D eigenvalue weighted by Crippen LogP contribution is 2.31. The van der Waals surface area contributed by atoms with Gasteiger partial charge in [-0.15, -0.1) is 5.10 Å². The summed E-state index contributed by atoms with van der Waals surface area (Å²) in [5, 5.41) is 11.0. The van der Waals surface area contributed by atoms with Crippen molar-refractivity contribution in [3.8, 4) is 28.3 Å². The van der Waals surface area contributed by atoms with Crippen LogP contribution in [-0.2, 0) is 4.79 Å². The molecule has 156 valence electrons. The highest BCUT2D eigenvalue weighted by Gasteiger charge is 2.13. The van der Waals surface area contributed by atoms with Gasteiger partial charge in [0.25, 0.3) is 0 Å². The average Bonchev–Trinajstić information content (AvgIpc) is 3.28. The minimum absolute atomic E-state index is 0.135. The minimum atomic E-state index is -0.135. The molecule has 0 aliphatic carbocycles. The second-order valence-electron chi connectivity index (χ2n) is 6.59. The lowest BCUT2D eigenvalue weighted by atomic mass is 10.1. The van der Waals surface area contributed by atoms with Crippen molar-refractivity contribution in [3.63, 3.8) is 0 Å². The maximum atomic E-state index is 12.3. The zero-order valence-electron chi connectivity index (χ0n) is 16.6. The van der Waals surface area contributed by atoms with Gasteiger partial charge in [-0.1, -0.05) is 65.8 Å². The summed E-state index contributed by atoms with van der Waals surface area (Å²) in [4.78, 5) is 16.8. The summed E-state index contributed by atoms with van der Waals surface area (Å²) in [5.74, 6) is 1.21. The second-order valence-corrected chi connectivity index (χ2v) is 7.97. The Morgan fingerprint density at radius 2 is 1.81 bits per heavy atom. The van der Waals surface area contributed by atoms with Crippen LogP contribution in [0.3, 0.4) is 0 Å². The summed E-state index contributed by atoms with van der Waals surface area (Å²) in [6.45, 7) is 0. The van der Waals surface area contributed by atoms with E-state index in [2.05, 4.69) is 20.5 Å². The number of benzene rings is 3. The zero-order valence-corrected chi connectivity index (χ0v) is 18.2. The number of H-pyrrole nitrogens is 1. The largest absolute Gasteiger partial charge is 0.496 e. The Morgan fingerprint density at radius 3 is 2.55 bits per heavy atom. The summed E-state index contributed by atoms with van der Waals surface area (Å²) < 4.78 is 5.35. The third-order valence-electron chi connectivity index (χ3n) is 4.49. The van der Waals surface area contributed by atoms with Crippen molar-refractivity contribution >= 4 is 35.0 Å². The molecule has 2 N–H and O–H groups in total. The molecule has 8 heteroatoms. The highest BCUT2D eigenvalue weighted by atomic mass is 35.5. The number of carbonyl (C=O) groups excluding carboxylic acids is 1. The minimum Gasteiger partial charge on any atom is -0.496 e. The summed E-state index contributed by atoms with van der Waals surface area (Å²) in [7, 11) is 1.58. The quantitative estimate of drug-likeness (QED) is 0.362. The van der Waals surface area contributed by atoms with E-state index < -0.39 is 0 Å². The van der Waals surface area contributed by atoms with Gasteiger partial charge in [-0.25, -0.2) is 4.98 Å². The van der Waals surface area contributed by atoms with Crippen molar-refractivity contribution in [1.29, 1.82) is 0 Å². The average molecular weight is 451 g/mol. The summed E-state index contributed by atoms with van der Waals surface area (Å²) in [5.41, 5.74) is 3.67. The predicted molar refractivity (Wildman–Crippen MR) is 125 cm³/mol. The number of aromatic amines is 1. The van der Waals surface area contributed by atoms with Crippen LogP contribution < -0.4 is 10.1 Å². The number of anilines is 1. The van der Waals surface area contributed by atoms with Crippen molar-refractivity contribution in [2.24, 2.45) is 0 Å². The molecule has 1 amide bonds. The van der Waals surface area contributed by atoms with Gasteiger partial charge in [-0.05, 0) is 41.5 Å². The molecule has 0 atom stereocenters. The first-order valence-electron chi connectivity index (χ1n) is 9.47. The number of halogens is 1. The molecule has 0 spiro atoms. The number of rotatable bonds is 7. The van der Waals surface area contributed by atoms with Crippen molar-refractivity contribution in [2.75, 3.05) is 18.2 Å². The van der Waals surface area contributed by atoms with Gasteiger partial charge in [-0.3, -0.25) is 9.89 Å². The Bertz CT molecular complexity index is 1180. The van der Waals surface area contributed by atoms with Crippen LogP contribution in [0, 0.1) is 0 Å². The van der Waals surface area contributed by atoms with Gasteiger partial charge in [-0.2, -0.15) is 0 Å². The van der Waals surface area contributed by atoms with Gasteiger partial charge in [0.15, 0.2) is 5.82 Å². The molecule has 4 rings (SSSR count). The van der Waals surface area contributed by atoms with Gasteiger partial charge < -0.3 is 10.1 Å². The van der Waals surface area contributed by atoms with E-state index in [-0.39, 0.29) is 11.7 Å². The first kappa shape index (κ1) is 21.0. The first-order valence-corrected chi connectivity index (χ1v) is 10.8. The number of hydrogen-bond donors (Lipinski definition) is 2. The van der Waals surface area contributed by atoms with Crippen LogP contribution in [0.2, 0.25) is 5.02 Å². The van der Waals surface area contributed by atoms with Gasteiger partial charge in [0.2, 0.25) is 11.1 Å². The van der Waals surface area contributed by atoms with E-state index in [0.29, 0.717) is 27.3 Å². The van der Waals surface area contributed by atoms with E-state index in [0.717, 1.165) is 16.8 Å². The molecule has 0 aliphatic rings. The lowest BCUT2D eigenvalue weighted by Crippen LogP contribution is -2.14. The van der Waals surface area contributed by atoms with E-state index in [9.17, 15) is 4.79 Å². The number of amides is 1. The third-order valence-corrected chi connectivity index (χ3v) is 5.57. The Morgan fingerprint density at radius 1 is 1.06 bits per heavy atom. The summed E-state index contributed by atoms with van der Waals surface area (Å²) >= 11 is 7.32. The lowest BCUT2D eigenvalue weighted by molar-refractivity contribution is -0.113. The number of thioether (sulfide) groups is 1. The Balaban J connectivity index is 1.35. The number of carbonyl (C=O) groups is 1. The summed E-state index contributed by atoms with van der Waals surface area (Å²) in [6, 6.07) is 23.1. The predicted octanol–water partition coefficient (Wildman–Crippen LogP) is 5.53. The van der Waals surface area contributed by atoms with E-state index in [4.69, 9.17) is 16.3 Å². The third kappa shape index (κ3) is 5.25. The molecule has 0 aliphatic heterocycles. The lowest BCUT2D eigenvalue weighted by Gasteiger charge is -2.06. The fourth-order valence-corrected chi connectivity index (χ4v) is 3.77. The van der Waals surface area contributed by atoms with E-state index in [1.807, 2.05) is 54.6 Å². The van der Waals surface area contributed by atoms with Crippen LogP contribution in [-0.4, -0.2) is 34.0 Å². The van der Waals surface area contributed by atoms with Crippen LogP contribution in [0.4, 0.5) is 5.69 Å². The zero-order chi connectivity index (χ0) is 21.6. The maximum Gasteiger partial charge on any atom is 0.234 e. The van der Waals surface area contributed by atoms with Crippen LogP contribution in [0.25, 0.3) is 22.5 Å². The fraction of sp³-hybridized carbons (Fsp3) is 0.0870. The van der Waals surface area contributed by atoms with Crippen LogP contribution >= 0.6 is 23.4 Å². The molecule has 0 radical (unpaired) electrons. The standard InChI is InChI=1S/C23H19ClN4O2S/c1-30-20-12-9-17(24)13-19(20)22-26-23(28-27-22)31-14-21(29)25-18-10-7-16(8-11-18)15-5-3-2-4-6-15/h2-13H,14H2,1H3,(H,25,29)(H,26,27,28). The van der Waals surface area contributed by atoms with Crippen LogP contribution in [0.5, 0.6) is 5.75 Å². The van der Waals surface area contributed by atoms with Crippen molar-refractivity contribution < 1.29 is 9.53 Å². The topological polar surface area (TPSA) is 79.9 Å². The molecular weight excluding hydrogens is 432 g/mol. The van der Waals surface area contributed by atoms with Crippen molar-refractivity contribution in [2.45, 2.75) is 5.16 Å². The molecule has 3 aromatic carbocycles. The molecule has 31 heavy (non-hydrogen) atoms. The Labute approximate surface area is 189 Å². The van der Waals surface area contributed by atoms with E-state index >= 15 is 0 Å². The molecule has 0 unspecified atom stereocenters.